The highest BCUT2D eigenvalue weighted by molar-refractivity contribution is 6.10. The van der Waals surface area contributed by atoms with Gasteiger partial charge in [-0.05, 0) is 91.4 Å². The number of carbonyl (C=O) groups is 2. The number of hydrogen-bond donors (Lipinski definition) is 4. The molecule has 4 aromatic rings. The standard InChI is InChI=1S/C29H27FN4O5/c1-15-11-23(38-2)21(27(36)33-29(9-10-29)28(32)34-37)14-18(15)12-16-3-8-22-20(13-16)24(26(31)35)25(39-22)17-4-6-19(30)7-5-17/h3-8,11,13-14,37H,9-10,12H2,1-2H3,(H2,31,35)(H2,32,34)(H,33,36). The topological polar surface area (TPSA) is 153 Å². The summed E-state index contributed by atoms with van der Waals surface area (Å²) in [6, 6.07) is 14.6. The van der Waals surface area contributed by atoms with Crippen molar-refractivity contribution in [3.05, 3.63) is 88.2 Å². The van der Waals surface area contributed by atoms with Crippen molar-refractivity contribution in [3.8, 4) is 17.1 Å². The number of carbonyl (C=O) groups excluding carboxylic acids is 2. The van der Waals surface area contributed by atoms with Gasteiger partial charge in [-0.25, -0.2) is 4.39 Å². The summed E-state index contributed by atoms with van der Waals surface area (Å²) < 4.78 is 24.9. The van der Waals surface area contributed by atoms with Crippen LogP contribution in [0, 0.1) is 12.7 Å². The number of halogens is 1. The fourth-order valence-electron chi connectivity index (χ4n) is 4.74. The second kappa shape index (κ2) is 9.79. The largest absolute Gasteiger partial charge is 0.496 e. The number of nitrogens with zero attached hydrogens (tertiary/aromatic N) is 1. The second-order valence-electron chi connectivity index (χ2n) is 9.69. The van der Waals surface area contributed by atoms with E-state index in [9.17, 15) is 14.0 Å². The Hall–Kier alpha value is -4.86. The van der Waals surface area contributed by atoms with E-state index >= 15 is 0 Å². The van der Waals surface area contributed by atoms with Gasteiger partial charge in [0.05, 0.1) is 18.2 Å². The number of methoxy groups -OCH3 is 1. The van der Waals surface area contributed by atoms with Gasteiger partial charge in [0.15, 0.2) is 5.84 Å². The number of aryl methyl sites for hydroxylation is 1. The zero-order chi connectivity index (χ0) is 27.9. The second-order valence-corrected chi connectivity index (χ2v) is 9.69. The van der Waals surface area contributed by atoms with Crippen LogP contribution in [-0.4, -0.2) is 35.5 Å². The summed E-state index contributed by atoms with van der Waals surface area (Å²) in [6.45, 7) is 1.91. The van der Waals surface area contributed by atoms with E-state index < -0.39 is 23.2 Å². The molecule has 1 fully saturated rings. The Balaban J connectivity index is 1.50. The van der Waals surface area contributed by atoms with Crippen LogP contribution in [0.4, 0.5) is 4.39 Å². The fraction of sp³-hybridized carbons (Fsp3) is 0.207. The molecule has 0 atom stereocenters. The fourth-order valence-corrected chi connectivity index (χ4v) is 4.74. The van der Waals surface area contributed by atoms with E-state index in [1.165, 1.54) is 31.4 Å². The molecule has 5 rings (SSSR count). The molecule has 39 heavy (non-hydrogen) atoms. The van der Waals surface area contributed by atoms with Crippen LogP contribution >= 0.6 is 0 Å². The Bertz CT molecular complexity index is 1640. The van der Waals surface area contributed by atoms with Crippen molar-refractivity contribution in [2.24, 2.45) is 16.6 Å². The number of furan rings is 1. The quantitative estimate of drug-likeness (QED) is 0.116. The average molecular weight is 531 g/mol. The molecule has 1 saturated carbocycles. The number of primary amides is 1. The highest BCUT2D eigenvalue weighted by Crippen LogP contribution is 2.37. The summed E-state index contributed by atoms with van der Waals surface area (Å²) in [6.07, 6.45) is 1.58. The number of amidine groups is 1. The molecular weight excluding hydrogens is 503 g/mol. The molecule has 1 heterocycles. The molecule has 9 nitrogen and oxygen atoms in total. The molecule has 1 aromatic heterocycles. The van der Waals surface area contributed by atoms with Gasteiger partial charge in [-0.2, -0.15) is 0 Å². The Kier molecular flexibility index (Phi) is 6.47. The number of ether oxygens (including phenoxy) is 1. The first-order chi connectivity index (χ1) is 18.7. The first kappa shape index (κ1) is 25.8. The smallest absolute Gasteiger partial charge is 0.255 e. The number of fused-ring (bicyclic) bond motifs is 1. The van der Waals surface area contributed by atoms with Crippen molar-refractivity contribution >= 4 is 28.6 Å². The first-order valence-corrected chi connectivity index (χ1v) is 12.2. The third kappa shape index (κ3) is 4.76. The minimum atomic E-state index is -0.860. The molecule has 0 bridgehead atoms. The Morgan fingerprint density at radius 3 is 2.46 bits per heavy atom. The lowest BCUT2D eigenvalue weighted by atomic mass is 9.95. The van der Waals surface area contributed by atoms with Gasteiger partial charge in [0.1, 0.15) is 28.4 Å². The SMILES string of the molecule is COc1cc(C)c(Cc2ccc3oc(-c4ccc(F)cc4)c(C(N)=O)c3c2)cc1C(=O)NC1(C(N)=NO)CC1. The summed E-state index contributed by atoms with van der Waals surface area (Å²) in [7, 11) is 1.48. The average Bonchev–Trinajstić information content (AvgIpc) is 3.60. The highest BCUT2D eigenvalue weighted by atomic mass is 19.1. The minimum absolute atomic E-state index is 0.0409. The van der Waals surface area contributed by atoms with Crippen molar-refractivity contribution in [1.29, 1.82) is 0 Å². The van der Waals surface area contributed by atoms with Crippen LogP contribution in [0.15, 0.2) is 64.2 Å². The van der Waals surface area contributed by atoms with E-state index in [0.717, 1.165) is 16.7 Å². The molecule has 0 saturated heterocycles. The summed E-state index contributed by atoms with van der Waals surface area (Å²) in [5.74, 6) is -0.839. The Labute approximate surface area is 223 Å². The number of nitrogens with two attached hydrogens (primary N) is 2. The monoisotopic (exact) mass is 530 g/mol. The predicted octanol–water partition coefficient (Wildman–Crippen LogP) is 4.25. The van der Waals surface area contributed by atoms with E-state index in [1.54, 1.807) is 18.2 Å². The molecule has 0 radical (unpaired) electrons. The zero-order valence-corrected chi connectivity index (χ0v) is 21.4. The third-order valence-corrected chi connectivity index (χ3v) is 7.10. The lowest BCUT2D eigenvalue weighted by Crippen LogP contribution is -2.47. The maximum atomic E-state index is 13.4. The van der Waals surface area contributed by atoms with Crippen molar-refractivity contribution in [2.75, 3.05) is 7.11 Å². The molecule has 1 aliphatic carbocycles. The van der Waals surface area contributed by atoms with E-state index in [0.29, 0.717) is 47.1 Å². The van der Waals surface area contributed by atoms with Crippen LogP contribution in [0.3, 0.4) is 0 Å². The van der Waals surface area contributed by atoms with Crippen LogP contribution < -0.4 is 21.5 Å². The van der Waals surface area contributed by atoms with Gasteiger partial charge in [-0.15, -0.1) is 0 Å². The van der Waals surface area contributed by atoms with Crippen LogP contribution in [0.25, 0.3) is 22.3 Å². The number of nitrogens with one attached hydrogen (secondary N) is 1. The molecule has 6 N–H and O–H groups in total. The molecule has 2 amide bonds. The molecule has 0 aliphatic heterocycles. The van der Waals surface area contributed by atoms with Crippen LogP contribution in [0.1, 0.15) is 50.2 Å². The molecular formula is C29H27FN4O5. The molecule has 0 unspecified atom stereocenters. The van der Waals surface area contributed by atoms with Crippen molar-refractivity contribution in [1.82, 2.24) is 5.32 Å². The van der Waals surface area contributed by atoms with Gasteiger partial charge in [0, 0.05) is 10.9 Å². The third-order valence-electron chi connectivity index (χ3n) is 7.10. The van der Waals surface area contributed by atoms with Gasteiger partial charge < -0.3 is 31.1 Å². The Morgan fingerprint density at radius 1 is 1.13 bits per heavy atom. The number of oxime groups is 1. The van der Waals surface area contributed by atoms with Gasteiger partial charge in [0.25, 0.3) is 11.8 Å². The molecule has 10 heteroatoms. The summed E-state index contributed by atoms with van der Waals surface area (Å²) in [5, 5.41) is 15.5. The Morgan fingerprint density at radius 2 is 1.85 bits per heavy atom. The van der Waals surface area contributed by atoms with Crippen LogP contribution in [0.5, 0.6) is 5.75 Å². The summed E-state index contributed by atoms with van der Waals surface area (Å²) in [4.78, 5) is 25.6. The van der Waals surface area contributed by atoms with E-state index in [2.05, 4.69) is 10.5 Å². The van der Waals surface area contributed by atoms with E-state index in [1.807, 2.05) is 19.1 Å². The van der Waals surface area contributed by atoms with Crippen molar-refractivity contribution in [3.63, 3.8) is 0 Å². The van der Waals surface area contributed by atoms with Gasteiger partial charge in [0.2, 0.25) is 0 Å². The number of hydrogen-bond acceptors (Lipinski definition) is 6. The molecule has 3 aromatic carbocycles. The van der Waals surface area contributed by atoms with Crippen LogP contribution in [0.2, 0.25) is 0 Å². The lowest BCUT2D eigenvalue weighted by Gasteiger charge is -2.18. The maximum absolute atomic E-state index is 13.4. The number of benzene rings is 3. The van der Waals surface area contributed by atoms with Crippen LogP contribution in [-0.2, 0) is 6.42 Å². The molecule has 0 spiro atoms. The lowest BCUT2D eigenvalue weighted by molar-refractivity contribution is 0.0938. The summed E-state index contributed by atoms with van der Waals surface area (Å²) >= 11 is 0. The summed E-state index contributed by atoms with van der Waals surface area (Å²) in [5.41, 5.74) is 14.8. The van der Waals surface area contributed by atoms with E-state index in [-0.39, 0.29) is 17.2 Å². The highest BCUT2D eigenvalue weighted by Gasteiger charge is 2.49. The van der Waals surface area contributed by atoms with E-state index in [4.69, 9.17) is 25.8 Å². The van der Waals surface area contributed by atoms with Gasteiger partial charge in [-0.1, -0.05) is 11.2 Å². The zero-order valence-electron chi connectivity index (χ0n) is 21.4. The first-order valence-electron chi connectivity index (χ1n) is 12.2. The minimum Gasteiger partial charge on any atom is -0.496 e. The van der Waals surface area contributed by atoms with Crippen molar-refractivity contribution in [2.45, 2.75) is 31.7 Å². The number of amides is 2. The maximum Gasteiger partial charge on any atom is 0.255 e. The molecule has 200 valence electrons. The van der Waals surface area contributed by atoms with Gasteiger partial charge in [-0.3, -0.25) is 9.59 Å². The van der Waals surface area contributed by atoms with Crippen molar-refractivity contribution < 1.29 is 28.3 Å². The predicted molar refractivity (Wildman–Crippen MR) is 144 cm³/mol. The van der Waals surface area contributed by atoms with Gasteiger partial charge >= 0.3 is 0 Å². The number of rotatable bonds is 8. The normalized spacial score (nSPS) is 14.3. The molecule has 1 aliphatic rings.